The molecule has 0 aromatic heterocycles. The van der Waals surface area contributed by atoms with Gasteiger partial charge in [-0.3, -0.25) is 14.4 Å². The second kappa shape index (κ2) is 9.06. The van der Waals surface area contributed by atoms with E-state index in [9.17, 15) is 19.5 Å². The first-order valence-electron chi connectivity index (χ1n) is 12.1. The van der Waals surface area contributed by atoms with E-state index in [1.807, 2.05) is 32.0 Å². The van der Waals surface area contributed by atoms with Crippen LogP contribution in [0, 0.1) is 11.8 Å². The highest BCUT2D eigenvalue weighted by Gasteiger charge is 2.78. The average molecular weight is 458 g/mol. The number of anilines is 1. The maximum atomic E-state index is 13.7. The molecule has 1 aromatic rings. The Balaban J connectivity index is 1.70. The van der Waals surface area contributed by atoms with E-state index in [1.54, 1.807) is 12.1 Å². The van der Waals surface area contributed by atoms with Gasteiger partial charge in [0.25, 0.3) is 0 Å². The molecule has 180 valence electrons. The number of hydrogen-bond donors (Lipinski definition) is 3. The summed E-state index contributed by atoms with van der Waals surface area (Å²) in [5.41, 5.74) is -1.18. The first-order chi connectivity index (χ1) is 15.8. The van der Waals surface area contributed by atoms with Gasteiger partial charge in [0.15, 0.2) is 0 Å². The summed E-state index contributed by atoms with van der Waals surface area (Å²) in [6.07, 6.45) is 3.48. The number of amides is 3. The van der Waals surface area contributed by atoms with Gasteiger partial charge in [0, 0.05) is 18.3 Å². The zero-order valence-corrected chi connectivity index (χ0v) is 19.7. The molecule has 0 aliphatic carbocycles. The van der Waals surface area contributed by atoms with Gasteiger partial charge in [0.1, 0.15) is 11.6 Å². The highest BCUT2D eigenvalue weighted by Crippen LogP contribution is 2.64. The number of carbonyl (C=O) groups excluding carboxylic acids is 3. The number of ether oxygens (including phenoxy) is 1. The average Bonchev–Trinajstić information content (AvgIpc) is 3.39. The summed E-state index contributed by atoms with van der Waals surface area (Å²) in [4.78, 5) is 42.2. The molecule has 3 aliphatic rings. The van der Waals surface area contributed by atoms with E-state index >= 15 is 0 Å². The highest BCUT2D eigenvalue weighted by molar-refractivity contribution is 6.02. The van der Waals surface area contributed by atoms with Crippen molar-refractivity contribution in [3.8, 4) is 0 Å². The van der Waals surface area contributed by atoms with E-state index < -0.39 is 29.1 Å². The van der Waals surface area contributed by atoms with Crippen LogP contribution >= 0.6 is 0 Å². The fraction of sp³-hybridized carbons (Fsp3) is 0.640. The van der Waals surface area contributed by atoms with Crippen LogP contribution in [-0.2, 0) is 19.1 Å². The largest absolute Gasteiger partial charge is 0.395 e. The fourth-order valence-electron chi connectivity index (χ4n) is 6.33. The topological polar surface area (TPSA) is 108 Å². The van der Waals surface area contributed by atoms with Gasteiger partial charge in [-0.25, -0.2) is 0 Å². The van der Waals surface area contributed by atoms with Gasteiger partial charge in [-0.05, 0) is 44.7 Å². The lowest BCUT2D eigenvalue weighted by atomic mass is 9.65. The molecule has 3 aliphatic heterocycles. The first kappa shape index (κ1) is 23.7. The number of fused-ring (bicyclic) bond motifs is 1. The fourth-order valence-corrected chi connectivity index (χ4v) is 6.33. The SMILES string of the molecule is CCCC(C)NC(=O)C1N(CCO)C(=O)[C@@H]2[C@@H](C(=O)Nc3ccccc3)[C@@]3(CC)CCC12O3. The number of hydrogen-bond acceptors (Lipinski definition) is 5. The molecule has 3 heterocycles. The lowest BCUT2D eigenvalue weighted by Crippen LogP contribution is -2.56. The van der Waals surface area contributed by atoms with Crippen molar-refractivity contribution in [3.63, 3.8) is 0 Å². The Hall–Kier alpha value is -2.45. The number of carbonyl (C=O) groups is 3. The van der Waals surface area contributed by atoms with Crippen LogP contribution in [0.25, 0.3) is 0 Å². The predicted molar refractivity (Wildman–Crippen MR) is 123 cm³/mol. The Labute approximate surface area is 195 Å². The van der Waals surface area contributed by atoms with Crippen LogP contribution in [0.1, 0.15) is 52.9 Å². The lowest BCUT2D eigenvalue weighted by Gasteiger charge is -2.34. The molecule has 8 heteroatoms. The minimum atomic E-state index is -1.06. The standard InChI is InChI=1S/C25H35N3O5/c1-4-9-16(3)26-22(31)20-25-13-12-24(5-2,33-25)18(19(25)23(32)28(20)14-15-29)21(30)27-17-10-7-6-8-11-17/h6-8,10-11,16,18-20,29H,4-5,9,12-15H2,1-3H3,(H,26,31)(H,27,30)/t16?,18-,19-,20?,24+,25?/m0/s1. The van der Waals surface area contributed by atoms with E-state index in [2.05, 4.69) is 17.6 Å². The number of nitrogens with zero attached hydrogens (tertiary/aromatic N) is 1. The van der Waals surface area contributed by atoms with Gasteiger partial charge < -0.3 is 25.4 Å². The van der Waals surface area contributed by atoms with Crippen molar-refractivity contribution >= 4 is 23.4 Å². The van der Waals surface area contributed by atoms with Gasteiger partial charge in [-0.1, -0.05) is 38.5 Å². The molecule has 0 saturated carbocycles. The molecule has 33 heavy (non-hydrogen) atoms. The molecular weight excluding hydrogens is 422 g/mol. The van der Waals surface area contributed by atoms with Crippen molar-refractivity contribution in [1.29, 1.82) is 0 Å². The Morgan fingerprint density at radius 2 is 1.94 bits per heavy atom. The van der Waals surface area contributed by atoms with Crippen molar-refractivity contribution in [3.05, 3.63) is 30.3 Å². The van der Waals surface area contributed by atoms with E-state index in [-0.39, 0.29) is 36.9 Å². The number of likely N-dealkylation sites (tertiary alicyclic amines) is 1. The summed E-state index contributed by atoms with van der Waals surface area (Å²) in [5, 5.41) is 15.7. The summed E-state index contributed by atoms with van der Waals surface area (Å²) >= 11 is 0. The third-order valence-electron chi connectivity index (χ3n) is 7.70. The number of benzene rings is 1. The van der Waals surface area contributed by atoms with E-state index in [1.165, 1.54) is 4.90 Å². The van der Waals surface area contributed by atoms with Crippen LogP contribution in [0.15, 0.2) is 30.3 Å². The monoisotopic (exact) mass is 457 g/mol. The maximum Gasteiger partial charge on any atom is 0.246 e. The van der Waals surface area contributed by atoms with Gasteiger partial charge >= 0.3 is 0 Å². The van der Waals surface area contributed by atoms with E-state index in [0.717, 1.165) is 12.8 Å². The van der Waals surface area contributed by atoms with E-state index in [0.29, 0.717) is 24.9 Å². The highest BCUT2D eigenvalue weighted by atomic mass is 16.5. The molecule has 0 radical (unpaired) electrons. The van der Waals surface area contributed by atoms with Crippen molar-refractivity contribution in [2.24, 2.45) is 11.8 Å². The Morgan fingerprint density at radius 1 is 1.21 bits per heavy atom. The minimum absolute atomic E-state index is 0.0346. The zero-order valence-electron chi connectivity index (χ0n) is 19.7. The van der Waals surface area contributed by atoms with Crippen LogP contribution < -0.4 is 10.6 Å². The second-order valence-corrected chi connectivity index (χ2v) is 9.64. The molecule has 3 N–H and O–H groups in total. The van der Waals surface area contributed by atoms with Crippen LogP contribution in [0.4, 0.5) is 5.69 Å². The minimum Gasteiger partial charge on any atom is -0.395 e. The number of aliphatic hydroxyl groups excluding tert-OH is 1. The number of rotatable bonds is 9. The van der Waals surface area contributed by atoms with Gasteiger partial charge in [-0.15, -0.1) is 0 Å². The quantitative estimate of drug-likeness (QED) is 0.526. The molecule has 2 bridgehead atoms. The summed E-state index contributed by atoms with van der Waals surface area (Å²) in [7, 11) is 0. The van der Waals surface area contributed by atoms with Crippen LogP contribution in [0.2, 0.25) is 0 Å². The van der Waals surface area contributed by atoms with Crippen LogP contribution in [-0.4, -0.2) is 64.2 Å². The molecule has 3 saturated heterocycles. The molecule has 3 fully saturated rings. The third-order valence-corrected chi connectivity index (χ3v) is 7.70. The molecule has 1 aromatic carbocycles. The summed E-state index contributed by atoms with van der Waals surface area (Å²) < 4.78 is 6.65. The Morgan fingerprint density at radius 3 is 2.58 bits per heavy atom. The number of nitrogens with one attached hydrogen (secondary N) is 2. The van der Waals surface area contributed by atoms with Crippen molar-refractivity contribution < 1.29 is 24.2 Å². The van der Waals surface area contributed by atoms with Crippen molar-refractivity contribution in [1.82, 2.24) is 10.2 Å². The summed E-state index contributed by atoms with van der Waals surface area (Å²) in [6.45, 7) is 5.74. The second-order valence-electron chi connectivity index (χ2n) is 9.64. The van der Waals surface area contributed by atoms with Gasteiger partial charge in [0.2, 0.25) is 17.7 Å². The van der Waals surface area contributed by atoms with Crippen molar-refractivity contribution in [2.75, 3.05) is 18.5 Å². The molecular formula is C25H35N3O5. The molecule has 3 unspecified atom stereocenters. The van der Waals surface area contributed by atoms with Crippen LogP contribution in [0.5, 0.6) is 0 Å². The number of aliphatic hydroxyl groups is 1. The first-order valence-corrected chi connectivity index (χ1v) is 12.1. The molecule has 4 rings (SSSR count). The molecule has 3 amide bonds. The molecule has 1 spiro atoms. The normalized spacial score (nSPS) is 33.2. The predicted octanol–water partition coefficient (Wildman–Crippen LogP) is 2.08. The van der Waals surface area contributed by atoms with Crippen LogP contribution in [0.3, 0.4) is 0 Å². The Bertz CT molecular complexity index is 909. The number of para-hydroxylation sites is 1. The lowest BCUT2D eigenvalue weighted by molar-refractivity contribution is -0.147. The van der Waals surface area contributed by atoms with Crippen molar-refractivity contribution in [2.45, 2.75) is 76.2 Å². The summed E-state index contributed by atoms with van der Waals surface area (Å²) in [5.74, 6) is -2.26. The Kier molecular flexibility index (Phi) is 6.51. The molecule has 8 nitrogen and oxygen atoms in total. The number of β-amino-alcohol motifs (C(OH)–C–C–N with tert-alkyl or cyclic N) is 1. The van der Waals surface area contributed by atoms with Gasteiger partial charge in [-0.2, -0.15) is 0 Å². The maximum absolute atomic E-state index is 13.7. The smallest absolute Gasteiger partial charge is 0.246 e. The van der Waals surface area contributed by atoms with E-state index in [4.69, 9.17) is 4.74 Å². The third kappa shape index (κ3) is 3.73. The molecule has 6 atom stereocenters. The van der Waals surface area contributed by atoms with Gasteiger partial charge in [0.05, 0.1) is 24.0 Å². The zero-order chi connectivity index (χ0) is 23.8. The summed E-state index contributed by atoms with van der Waals surface area (Å²) in [6, 6.07) is 8.26.